The average molecular weight is 309 g/mol. The smallest absolute Gasteiger partial charge is 0.233 e. The summed E-state index contributed by atoms with van der Waals surface area (Å²) in [5.74, 6) is 1.55. The lowest BCUT2D eigenvalue weighted by molar-refractivity contribution is 0.280. The molecule has 23 heavy (non-hydrogen) atoms. The Morgan fingerprint density at radius 3 is 2.61 bits per heavy atom. The fourth-order valence-electron chi connectivity index (χ4n) is 2.56. The zero-order valence-electron chi connectivity index (χ0n) is 14.3. The predicted molar refractivity (Wildman–Crippen MR) is 96.7 cm³/mol. The van der Waals surface area contributed by atoms with Gasteiger partial charge in [-0.05, 0) is 68.0 Å². The van der Waals surface area contributed by atoms with Crippen LogP contribution in [0.25, 0.3) is 10.8 Å². The standard InChI is InChI=1S/C21H25O2/c1-16(2)5-4-6-17(3)11-12-23-21-10-9-19-13-18(15-22)7-8-20(19)14-21/h5,7-10,13-14,17H,4,6,11-12H2,1-3H3. The number of carbonyl (C=O) groups excluding carboxylic acids is 1. The summed E-state index contributed by atoms with van der Waals surface area (Å²) in [6.07, 6.45) is 7.63. The van der Waals surface area contributed by atoms with Gasteiger partial charge in [0.05, 0.1) is 6.61 Å². The number of benzene rings is 2. The Morgan fingerprint density at radius 2 is 1.87 bits per heavy atom. The molecule has 2 nitrogen and oxygen atoms in total. The minimum Gasteiger partial charge on any atom is -0.494 e. The third-order valence-electron chi connectivity index (χ3n) is 4.02. The van der Waals surface area contributed by atoms with Gasteiger partial charge in [-0.1, -0.05) is 36.8 Å². The van der Waals surface area contributed by atoms with Crippen molar-refractivity contribution in [3.8, 4) is 5.75 Å². The van der Waals surface area contributed by atoms with Gasteiger partial charge in [0.1, 0.15) is 5.75 Å². The normalized spacial score (nSPS) is 12.0. The second kappa shape index (κ2) is 8.52. The Morgan fingerprint density at radius 1 is 1.13 bits per heavy atom. The van der Waals surface area contributed by atoms with E-state index < -0.39 is 0 Å². The van der Waals surface area contributed by atoms with Gasteiger partial charge >= 0.3 is 0 Å². The maximum Gasteiger partial charge on any atom is 0.233 e. The zero-order valence-corrected chi connectivity index (χ0v) is 14.3. The van der Waals surface area contributed by atoms with E-state index in [2.05, 4.69) is 26.8 Å². The van der Waals surface area contributed by atoms with E-state index in [0.717, 1.165) is 36.0 Å². The summed E-state index contributed by atoms with van der Waals surface area (Å²) < 4.78 is 5.88. The molecule has 0 bridgehead atoms. The van der Waals surface area contributed by atoms with Gasteiger partial charge in [0, 0.05) is 5.56 Å². The molecule has 2 heteroatoms. The number of rotatable bonds is 8. The molecule has 1 radical (unpaired) electrons. The molecule has 0 spiro atoms. The molecule has 0 aromatic heterocycles. The maximum atomic E-state index is 10.7. The first-order valence-electron chi connectivity index (χ1n) is 8.26. The molecule has 2 rings (SSSR count). The molecule has 0 amide bonds. The quantitative estimate of drug-likeness (QED) is 0.606. The minimum atomic E-state index is 0.580. The molecule has 0 N–H and O–H groups in total. The Balaban J connectivity index is 1.85. The van der Waals surface area contributed by atoms with Gasteiger partial charge in [-0.15, -0.1) is 0 Å². The van der Waals surface area contributed by atoms with Crippen LogP contribution in [0.2, 0.25) is 0 Å². The summed E-state index contributed by atoms with van der Waals surface area (Å²) in [7, 11) is 0. The van der Waals surface area contributed by atoms with E-state index in [1.54, 1.807) is 6.07 Å². The number of hydrogen-bond acceptors (Lipinski definition) is 2. The second-order valence-corrected chi connectivity index (χ2v) is 6.43. The van der Waals surface area contributed by atoms with Gasteiger partial charge in [0.15, 0.2) is 0 Å². The lowest BCUT2D eigenvalue weighted by atomic mass is 10.0. The van der Waals surface area contributed by atoms with Crippen molar-refractivity contribution in [2.75, 3.05) is 6.61 Å². The predicted octanol–water partition coefficient (Wildman–Crippen LogP) is 5.45. The van der Waals surface area contributed by atoms with Gasteiger partial charge in [0.25, 0.3) is 0 Å². The number of fused-ring (bicyclic) bond motifs is 1. The highest BCUT2D eigenvalue weighted by molar-refractivity contribution is 5.89. The van der Waals surface area contributed by atoms with Crippen LogP contribution < -0.4 is 4.74 Å². The van der Waals surface area contributed by atoms with E-state index in [0.29, 0.717) is 11.5 Å². The van der Waals surface area contributed by atoms with Gasteiger partial charge in [0.2, 0.25) is 6.29 Å². The SMILES string of the molecule is CC(C)=CCCC(C)CCOc1ccc2cc([C]=O)ccc2c1. The van der Waals surface area contributed by atoms with Gasteiger partial charge < -0.3 is 4.74 Å². The van der Waals surface area contributed by atoms with Gasteiger partial charge in [-0.25, -0.2) is 0 Å². The summed E-state index contributed by atoms with van der Waals surface area (Å²) in [6, 6.07) is 11.5. The van der Waals surface area contributed by atoms with E-state index in [1.165, 1.54) is 12.0 Å². The van der Waals surface area contributed by atoms with Crippen LogP contribution in [0.3, 0.4) is 0 Å². The minimum absolute atomic E-state index is 0.580. The monoisotopic (exact) mass is 309 g/mol. The van der Waals surface area contributed by atoms with Crippen molar-refractivity contribution < 1.29 is 9.53 Å². The molecule has 0 saturated carbocycles. The third kappa shape index (κ3) is 5.55. The van der Waals surface area contributed by atoms with Crippen molar-refractivity contribution >= 4 is 17.1 Å². The second-order valence-electron chi connectivity index (χ2n) is 6.43. The third-order valence-corrected chi connectivity index (χ3v) is 4.02. The van der Waals surface area contributed by atoms with Crippen LogP contribution >= 0.6 is 0 Å². The van der Waals surface area contributed by atoms with Crippen molar-refractivity contribution in [3.05, 3.63) is 53.6 Å². The van der Waals surface area contributed by atoms with E-state index in [9.17, 15) is 4.79 Å². The fourth-order valence-corrected chi connectivity index (χ4v) is 2.56. The van der Waals surface area contributed by atoms with Crippen LogP contribution in [0.5, 0.6) is 5.75 Å². The molecule has 2 aromatic carbocycles. The van der Waals surface area contributed by atoms with Crippen LogP contribution in [0.15, 0.2) is 48.0 Å². The highest BCUT2D eigenvalue weighted by Crippen LogP contribution is 2.22. The highest BCUT2D eigenvalue weighted by Gasteiger charge is 2.03. The summed E-state index contributed by atoms with van der Waals surface area (Å²) in [4.78, 5) is 10.7. The topological polar surface area (TPSA) is 26.3 Å². The fraction of sp³-hybridized carbons (Fsp3) is 0.381. The van der Waals surface area contributed by atoms with E-state index in [4.69, 9.17) is 4.74 Å². The van der Waals surface area contributed by atoms with Crippen molar-refractivity contribution in [1.82, 2.24) is 0 Å². The lowest BCUT2D eigenvalue weighted by Gasteiger charge is -2.12. The Labute approximate surface area is 139 Å². The molecule has 0 heterocycles. The van der Waals surface area contributed by atoms with Crippen LogP contribution in [0, 0.1) is 5.92 Å². The molecule has 1 atom stereocenters. The summed E-state index contributed by atoms with van der Waals surface area (Å²) in [6.45, 7) is 7.30. The Hall–Kier alpha value is -2.09. The lowest BCUT2D eigenvalue weighted by Crippen LogP contribution is -2.04. The first-order chi connectivity index (χ1) is 11.1. The summed E-state index contributed by atoms with van der Waals surface area (Å²) >= 11 is 0. The molecule has 2 aromatic rings. The zero-order chi connectivity index (χ0) is 16.7. The Bertz CT molecular complexity index is 681. The molecular formula is C21H25O2. The summed E-state index contributed by atoms with van der Waals surface area (Å²) in [5.41, 5.74) is 1.97. The van der Waals surface area contributed by atoms with Gasteiger partial charge in [-0.2, -0.15) is 0 Å². The van der Waals surface area contributed by atoms with E-state index in [-0.39, 0.29) is 0 Å². The maximum absolute atomic E-state index is 10.7. The van der Waals surface area contributed by atoms with Crippen LogP contribution in [-0.4, -0.2) is 12.9 Å². The average Bonchev–Trinajstić information content (AvgIpc) is 2.54. The molecular weight excluding hydrogens is 284 g/mol. The molecule has 0 aliphatic rings. The summed E-state index contributed by atoms with van der Waals surface area (Å²) in [5, 5.41) is 2.12. The molecule has 0 saturated heterocycles. The molecule has 1 unspecified atom stereocenters. The first-order valence-corrected chi connectivity index (χ1v) is 8.26. The van der Waals surface area contributed by atoms with Crippen molar-refractivity contribution in [2.24, 2.45) is 5.92 Å². The highest BCUT2D eigenvalue weighted by atomic mass is 16.5. The number of ether oxygens (including phenoxy) is 1. The van der Waals surface area contributed by atoms with Gasteiger partial charge in [-0.3, -0.25) is 4.79 Å². The Kier molecular flexibility index (Phi) is 6.40. The van der Waals surface area contributed by atoms with Crippen LogP contribution in [-0.2, 0) is 4.79 Å². The molecule has 0 aliphatic heterocycles. The van der Waals surface area contributed by atoms with Crippen LogP contribution in [0.1, 0.15) is 45.6 Å². The van der Waals surface area contributed by atoms with Crippen molar-refractivity contribution in [1.29, 1.82) is 0 Å². The number of allylic oxidation sites excluding steroid dienone is 2. The molecule has 0 aliphatic carbocycles. The van der Waals surface area contributed by atoms with Crippen LogP contribution in [0.4, 0.5) is 0 Å². The van der Waals surface area contributed by atoms with E-state index in [1.807, 2.05) is 36.6 Å². The molecule has 0 fully saturated rings. The largest absolute Gasteiger partial charge is 0.494 e. The number of hydrogen-bond donors (Lipinski definition) is 0. The van der Waals surface area contributed by atoms with Crippen molar-refractivity contribution in [3.63, 3.8) is 0 Å². The van der Waals surface area contributed by atoms with E-state index >= 15 is 0 Å². The first kappa shape index (κ1) is 17.3. The molecule has 121 valence electrons. The van der Waals surface area contributed by atoms with Crippen molar-refractivity contribution in [2.45, 2.75) is 40.0 Å².